The Morgan fingerprint density at radius 3 is 2.50 bits per heavy atom. The van der Waals surface area contributed by atoms with Crippen molar-refractivity contribution in [3.8, 4) is 0 Å². The van der Waals surface area contributed by atoms with Gasteiger partial charge in [-0.15, -0.1) is 0 Å². The molecule has 2 aromatic heterocycles. The molecule has 0 radical (unpaired) electrons. The summed E-state index contributed by atoms with van der Waals surface area (Å²) < 4.78 is 5.58. The van der Waals surface area contributed by atoms with E-state index in [0.717, 1.165) is 28.9 Å². The van der Waals surface area contributed by atoms with Gasteiger partial charge in [0.2, 0.25) is 0 Å². The van der Waals surface area contributed by atoms with Crippen LogP contribution in [0.2, 0.25) is 5.15 Å². The van der Waals surface area contributed by atoms with Gasteiger partial charge in [-0.05, 0) is 62.8 Å². The SMILES string of the molecule is C=C1NC(=NCCN(CCC)C(=O)OC(C)(C)C)c2ccc(Cl)nc2N1c1c(C(C)C)ccnc1C(C)C. The zero-order valence-electron chi connectivity index (χ0n) is 23.9. The van der Waals surface area contributed by atoms with Gasteiger partial charge in [0.05, 0.1) is 23.5 Å². The number of fused-ring (bicyclic) bond motifs is 1. The number of halogens is 1. The molecule has 0 saturated carbocycles. The highest BCUT2D eigenvalue weighted by molar-refractivity contribution is 6.29. The summed E-state index contributed by atoms with van der Waals surface area (Å²) in [6.45, 7) is 22.0. The molecule has 0 bridgehead atoms. The van der Waals surface area contributed by atoms with Gasteiger partial charge in [0.15, 0.2) is 5.82 Å². The van der Waals surface area contributed by atoms with Gasteiger partial charge in [0, 0.05) is 19.3 Å². The number of rotatable bonds is 8. The minimum atomic E-state index is -0.555. The minimum absolute atomic E-state index is 0.187. The predicted molar refractivity (Wildman–Crippen MR) is 156 cm³/mol. The van der Waals surface area contributed by atoms with Crippen molar-refractivity contribution in [2.45, 2.75) is 79.2 Å². The second-order valence-electron chi connectivity index (χ2n) is 11.1. The molecule has 1 aliphatic heterocycles. The Bertz CT molecular complexity index is 1180. The van der Waals surface area contributed by atoms with Crippen LogP contribution < -0.4 is 10.2 Å². The molecule has 3 rings (SSSR count). The van der Waals surface area contributed by atoms with E-state index < -0.39 is 5.60 Å². The molecule has 8 nitrogen and oxygen atoms in total. The van der Waals surface area contributed by atoms with Gasteiger partial charge < -0.3 is 15.0 Å². The summed E-state index contributed by atoms with van der Waals surface area (Å²) in [7, 11) is 0. The van der Waals surface area contributed by atoms with Crippen LogP contribution in [-0.2, 0) is 4.74 Å². The summed E-state index contributed by atoms with van der Waals surface area (Å²) in [6.07, 6.45) is 2.35. The number of nitrogens with one attached hydrogen (secondary N) is 1. The van der Waals surface area contributed by atoms with E-state index in [0.29, 0.717) is 42.3 Å². The van der Waals surface area contributed by atoms with Gasteiger partial charge >= 0.3 is 6.09 Å². The molecule has 9 heteroatoms. The lowest BCUT2D eigenvalue weighted by Crippen LogP contribution is -2.41. The maximum Gasteiger partial charge on any atom is 0.410 e. The van der Waals surface area contributed by atoms with E-state index in [2.05, 4.69) is 39.6 Å². The molecular formula is C29H41ClN6O2. The van der Waals surface area contributed by atoms with Gasteiger partial charge in [-0.1, -0.05) is 52.8 Å². The summed E-state index contributed by atoms with van der Waals surface area (Å²) in [6, 6.07) is 5.71. The number of carbonyl (C=O) groups is 1. The van der Waals surface area contributed by atoms with Crippen molar-refractivity contribution in [3.63, 3.8) is 0 Å². The summed E-state index contributed by atoms with van der Waals surface area (Å²) in [5.74, 6) is 2.34. The average Bonchev–Trinajstić information content (AvgIpc) is 2.81. The molecule has 206 valence electrons. The Labute approximate surface area is 232 Å². The van der Waals surface area contributed by atoms with E-state index in [-0.39, 0.29) is 17.9 Å². The zero-order chi connectivity index (χ0) is 28.2. The summed E-state index contributed by atoms with van der Waals surface area (Å²) in [5, 5.41) is 3.76. The highest BCUT2D eigenvalue weighted by atomic mass is 35.5. The van der Waals surface area contributed by atoms with E-state index in [4.69, 9.17) is 31.3 Å². The first kappa shape index (κ1) is 29.4. The fourth-order valence-electron chi connectivity index (χ4n) is 4.33. The molecule has 1 aliphatic rings. The summed E-state index contributed by atoms with van der Waals surface area (Å²) in [4.78, 5) is 30.6. The molecule has 0 spiro atoms. The number of aliphatic imine (C=N–C) groups is 1. The Kier molecular flexibility index (Phi) is 9.41. The Morgan fingerprint density at radius 2 is 1.89 bits per heavy atom. The predicted octanol–water partition coefficient (Wildman–Crippen LogP) is 6.98. The third-order valence-corrected chi connectivity index (χ3v) is 6.21. The van der Waals surface area contributed by atoms with Crippen LogP contribution in [0.3, 0.4) is 0 Å². The lowest BCUT2D eigenvalue weighted by atomic mass is 9.95. The molecule has 0 fully saturated rings. The summed E-state index contributed by atoms with van der Waals surface area (Å²) in [5.41, 5.74) is 3.31. The van der Waals surface area contributed by atoms with Gasteiger partial charge in [0.25, 0.3) is 0 Å². The molecule has 1 N–H and O–H groups in total. The molecule has 1 amide bonds. The Morgan fingerprint density at radius 1 is 1.18 bits per heavy atom. The number of hydrogen-bond donors (Lipinski definition) is 1. The van der Waals surface area contributed by atoms with Gasteiger partial charge in [-0.25, -0.2) is 9.78 Å². The third kappa shape index (κ3) is 6.84. The van der Waals surface area contributed by atoms with Crippen molar-refractivity contribution in [1.82, 2.24) is 20.2 Å². The van der Waals surface area contributed by atoms with Crippen molar-refractivity contribution < 1.29 is 9.53 Å². The average molecular weight is 541 g/mol. The van der Waals surface area contributed by atoms with Gasteiger partial charge in [-0.3, -0.25) is 14.9 Å². The topological polar surface area (TPSA) is 83.0 Å². The third-order valence-electron chi connectivity index (χ3n) is 6.00. The molecule has 2 aromatic rings. The first-order chi connectivity index (χ1) is 17.8. The van der Waals surface area contributed by atoms with Gasteiger partial charge in [-0.2, -0.15) is 0 Å². The largest absolute Gasteiger partial charge is 0.444 e. The second-order valence-corrected chi connectivity index (χ2v) is 11.4. The maximum absolute atomic E-state index is 12.7. The Balaban J connectivity index is 2.00. The van der Waals surface area contributed by atoms with Gasteiger partial charge in [0.1, 0.15) is 22.4 Å². The normalized spacial score (nSPS) is 14.7. The van der Waals surface area contributed by atoms with Crippen LogP contribution in [0.25, 0.3) is 0 Å². The molecule has 0 unspecified atom stereocenters. The molecule has 38 heavy (non-hydrogen) atoms. The van der Waals surface area contributed by atoms with Crippen LogP contribution in [0.5, 0.6) is 0 Å². The number of amidine groups is 1. The van der Waals surface area contributed by atoms with Crippen LogP contribution >= 0.6 is 11.6 Å². The number of nitrogens with zero attached hydrogens (tertiary/aromatic N) is 5. The minimum Gasteiger partial charge on any atom is -0.444 e. The Hall–Kier alpha value is -3.13. The van der Waals surface area contributed by atoms with Crippen LogP contribution in [0.4, 0.5) is 16.3 Å². The number of hydrogen-bond acceptors (Lipinski definition) is 6. The van der Waals surface area contributed by atoms with Crippen LogP contribution in [0.1, 0.15) is 90.5 Å². The van der Waals surface area contributed by atoms with E-state index >= 15 is 0 Å². The first-order valence-electron chi connectivity index (χ1n) is 13.3. The number of ether oxygens (including phenoxy) is 1. The molecule has 0 aromatic carbocycles. The number of aromatic nitrogens is 2. The molecule has 0 saturated heterocycles. The van der Waals surface area contributed by atoms with Crippen LogP contribution in [-0.4, -0.2) is 52.0 Å². The first-order valence-corrected chi connectivity index (χ1v) is 13.7. The number of anilines is 2. The molecule has 3 heterocycles. The van der Waals surface area contributed by atoms with Crippen molar-refractivity contribution in [2.75, 3.05) is 24.5 Å². The van der Waals surface area contributed by atoms with E-state index in [9.17, 15) is 4.79 Å². The van der Waals surface area contributed by atoms with E-state index in [1.165, 1.54) is 0 Å². The lowest BCUT2D eigenvalue weighted by molar-refractivity contribution is 0.0256. The zero-order valence-corrected chi connectivity index (χ0v) is 24.7. The maximum atomic E-state index is 12.7. The van der Waals surface area contributed by atoms with Crippen molar-refractivity contribution in [2.24, 2.45) is 4.99 Å². The smallest absolute Gasteiger partial charge is 0.410 e. The summed E-state index contributed by atoms with van der Waals surface area (Å²) >= 11 is 6.40. The fourth-order valence-corrected chi connectivity index (χ4v) is 4.47. The molecular weight excluding hydrogens is 500 g/mol. The quantitative estimate of drug-likeness (QED) is 0.363. The fraction of sp³-hybridized carbons (Fsp3) is 0.517. The number of carbonyl (C=O) groups excluding carboxylic acids is 1. The van der Waals surface area contributed by atoms with Crippen molar-refractivity contribution in [1.29, 1.82) is 0 Å². The lowest BCUT2D eigenvalue weighted by Gasteiger charge is -2.36. The number of pyridine rings is 2. The van der Waals surface area contributed by atoms with Crippen molar-refractivity contribution in [3.05, 3.63) is 58.8 Å². The standard InChI is InChI=1S/C29H41ClN6O2/c1-10-16-35(28(37)38-29(7,8)9)17-15-32-26-22-11-12-23(30)34-27(22)36(20(6)33-26)25-21(18(2)3)13-14-31-24(25)19(4)5/h11-14,18-19H,6,10,15-17H2,1-5,7-9H3,(H,32,33). The number of amides is 1. The highest BCUT2D eigenvalue weighted by Crippen LogP contribution is 2.41. The van der Waals surface area contributed by atoms with Crippen LogP contribution in [0, 0.1) is 0 Å². The van der Waals surface area contributed by atoms with E-state index in [1.54, 1.807) is 11.0 Å². The highest BCUT2D eigenvalue weighted by Gasteiger charge is 2.32. The molecule has 0 atom stereocenters. The van der Waals surface area contributed by atoms with Crippen molar-refractivity contribution >= 4 is 35.0 Å². The van der Waals surface area contributed by atoms with E-state index in [1.807, 2.05) is 50.9 Å². The van der Waals surface area contributed by atoms with Crippen LogP contribution in [0.15, 0.2) is 41.8 Å². The monoisotopic (exact) mass is 540 g/mol. The second kappa shape index (κ2) is 12.2. The molecule has 0 aliphatic carbocycles.